The van der Waals surface area contributed by atoms with Crippen LogP contribution in [-0.4, -0.2) is 36.6 Å². The van der Waals surface area contributed by atoms with Crippen molar-refractivity contribution in [3.63, 3.8) is 0 Å². The molecule has 2 heterocycles. The molecule has 4 aromatic rings. The van der Waals surface area contributed by atoms with Crippen LogP contribution in [0.2, 0.25) is 0 Å². The predicted molar refractivity (Wildman–Crippen MR) is 124 cm³/mol. The van der Waals surface area contributed by atoms with Gasteiger partial charge in [0.1, 0.15) is 21.9 Å². The zero-order chi connectivity index (χ0) is 23.5. The van der Waals surface area contributed by atoms with E-state index < -0.39 is 15.8 Å². The molecule has 13 heteroatoms. The van der Waals surface area contributed by atoms with Gasteiger partial charge in [-0.15, -0.1) is 11.3 Å². The number of hydrogen-bond donors (Lipinski definition) is 2. The molecule has 0 radical (unpaired) electrons. The first-order chi connectivity index (χ1) is 15.8. The average Bonchev–Trinajstić information content (AvgIpc) is 3.24. The van der Waals surface area contributed by atoms with E-state index in [0.29, 0.717) is 26.4 Å². The average molecular weight is 483 g/mol. The Kier molecular flexibility index (Phi) is 6.15. The van der Waals surface area contributed by atoms with Crippen molar-refractivity contribution >= 4 is 56.3 Å². The molecule has 0 atom stereocenters. The number of carbonyl (C=O) groups is 1. The standard InChI is InChI=1S/C20H13N5O6S2/c26-16-5-4-13(25(30)31)7-15(16)23-17(27)9-33-20-18-14(8-32-19(18)21-10-22-20)11-2-1-3-12(6-11)24(28)29/h1-8,10,26H,9H2,(H,23,27). The second kappa shape index (κ2) is 9.18. The van der Waals surface area contributed by atoms with E-state index >= 15 is 0 Å². The molecule has 0 fully saturated rings. The summed E-state index contributed by atoms with van der Waals surface area (Å²) in [5.41, 5.74) is 0.939. The van der Waals surface area contributed by atoms with E-state index in [0.717, 1.165) is 30.0 Å². The Morgan fingerprint density at radius 2 is 1.85 bits per heavy atom. The van der Waals surface area contributed by atoms with Gasteiger partial charge in [-0.2, -0.15) is 0 Å². The number of aromatic hydroxyl groups is 1. The number of nitrogens with zero attached hydrogens (tertiary/aromatic N) is 4. The van der Waals surface area contributed by atoms with Crippen LogP contribution in [0.5, 0.6) is 5.75 Å². The molecule has 11 nitrogen and oxygen atoms in total. The minimum atomic E-state index is -0.631. The number of phenols is 1. The molecule has 0 aliphatic heterocycles. The van der Waals surface area contributed by atoms with Crippen LogP contribution in [0.25, 0.3) is 21.3 Å². The molecule has 0 aliphatic rings. The van der Waals surface area contributed by atoms with Crippen molar-refractivity contribution in [1.82, 2.24) is 9.97 Å². The van der Waals surface area contributed by atoms with Crippen molar-refractivity contribution in [2.24, 2.45) is 0 Å². The highest BCUT2D eigenvalue weighted by Crippen LogP contribution is 2.38. The van der Waals surface area contributed by atoms with Crippen molar-refractivity contribution in [2.75, 3.05) is 11.1 Å². The van der Waals surface area contributed by atoms with Crippen molar-refractivity contribution in [1.29, 1.82) is 0 Å². The number of hydrogen-bond acceptors (Lipinski definition) is 10. The van der Waals surface area contributed by atoms with E-state index in [1.54, 1.807) is 12.1 Å². The lowest BCUT2D eigenvalue weighted by atomic mass is 10.1. The maximum absolute atomic E-state index is 12.4. The van der Waals surface area contributed by atoms with Gasteiger partial charge in [-0.1, -0.05) is 23.9 Å². The molecular weight excluding hydrogens is 470 g/mol. The minimum absolute atomic E-state index is 0.0472. The summed E-state index contributed by atoms with van der Waals surface area (Å²) < 4.78 is 0. The topological polar surface area (TPSA) is 161 Å². The largest absolute Gasteiger partial charge is 0.506 e. The van der Waals surface area contributed by atoms with Crippen LogP contribution in [0, 0.1) is 20.2 Å². The molecule has 2 aromatic heterocycles. The lowest BCUT2D eigenvalue weighted by Gasteiger charge is -2.08. The maximum Gasteiger partial charge on any atom is 0.271 e. The number of anilines is 1. The Morgan fingerprint density at radius 3 is 2.61 bits per heavy atom. The van der Waals surface area contributed by atoms with Crippen molar-refractivity contribution in [3.8, 4) is 16.9 Å². The zero-order valence-corrected chi connectivity index (χ0v) is 18.1. The Hall–Kier alpha value is -4.10. The molecule has 0 bridgehead atoms. The summed E-state index contributed by atoms with van der Waals surface area (Å²) in [7, 11) is 0. The molecule has 2 N–H and O–H groups in total. The first-order valence-electron chi connectivity index (χ1n) is 9.20. The molecule has 0 aliphatic carbocycles. The number of phenolic OH excluding ortho intramolecular Hbond substituents is 1. The van der Waals surface area contributed by atoms with Gasteiger partial charge in [0, 0.05) is 35.2 Å². The molecule has 0 saturated heterocycles. The lowest BCUT2D eigenvalue weighted by Crippen LogP contribution is -2.14. The third-order valence-corrected chi connectivity index (χ3v) is 6.38. The number of nitro benzene ring substituents is 2. The molecule has 2 aromatic carbocycles. The van der Waals surface area contributed by atoms with Crippen molar-refractivity contribution in [3.05, 3.63) is 74.4 Å². The normalized spacial score (nSPS) is 10.8. The number of aromatic nitrogens is 2. The summed E-state index contributed by atoms with van der Waals surface area (Å²) in [6, 6.07) is 9.52. The minimum Gasteiger partial charge on any atom is -0.506 e. The number of nitro groups is 2. The van der Waals surface area contributed by atoms with Crippen LogP contribution in [0.4, 0.5) is 17.1 Å². The molecule has 33 heavy (non-hydrogen) atoms. The molecule has 1 amide bonds. The maximum atomic E-state index is 12.4. The van der Waals surface area contributed by atoms with Crippen molar-refractivity contribution in [2.45, 2.75) is 5.03 Å². The summed E-state index contributed by atoms with van der Waals surface area (Å²) in [4.78, 5) is 42.6. The summed E-state index contributed by atoms with van der Waals surface area (Å²) in [6.45, 7) is 0. The third-order valence-electron chi connectivity index (χ3n) is 4.51. The van der Waals surface area contributed by atoms with Gasteiger partial charge in [-0.3, -0.25) is 25.0 Å². The lowest BCUT2D eigenvalue weighted by molar-refractivity contribution is -0.385. The summed E-state index contributed by atoms with van der Waals surface area (Å²) in [5.74, 6) is -0.901. The van der Waals surface area contributed by atoms with E-state index in [9.17, 15) is 30.1 Å². The fourth-order valence-electron chi connectivity index (χ4n) is 3.01. The number of non-ortho nitro benzene ring substituents is 2. The number of amides is 1. The highest BCUT2D eigenvalue weighted by molar-refractivity contribution is 8.00. The molecule has 0 spiro atoms. The quantitative estimate of drug-likeness (QED) is 0.126. The number of fused-ring (bicyclic) bond motifs is 1. The van der Waals surface area contributed by atoms with E-state index in [2.05, 4.69) is 15.3 Å². The number of thioether (sulfide) groups is 1. The van der Waals surface area contributed by atoms with E-state index in [-0.39, 0.29) is 28.6 Å². The number of thiophene rings is 1. The van der Waals surface area contributed by atoms with Crippen molar-refractivity contribution < 1.29 is 19.7 Å². The van der Waals surface area contributed by atoms with Crippen LogP contribution >= 0.6 is 23.1 Å². The van der Waals surface area contributed by atoms with Gasteiger partial charge >= 0.3 is 0 Å². The first kappa shape index (κ1) is 22.1. The van der Waals surface area contributed by atoms with Crippen LogP contribution in [0.1, 0.15) is 0 Å². The molecule has 166 valence electrons. The second-order valence-corrected chi connectivity index (χ2v) is 8.43. The van der Waals surface area contributed by atoms with Gasteiger partial charge in [0.25, 0.3) is 11.4 Å². The summed E-state index contributed by atoms with van der Waals surface area (Å²) >= 11 is 2.46. The first-order valence-corrected chi connectivity index (χ1v) is 11.1. The smallest absolute Gasteiger partial charge is 0.271 e. The van der Waals surface area contributed by atoms with E-state index in [4.69, 9.17) is 0 Å². The van der Waals surface area contributed by atoms with Gasteiger partial charge in [0.15, 0.2) is 0 Å². The second-order valence-electron chi connectivity index (χ2n) is 6.61. The van der Waals surface area contributed by atoms with Gasteiger partial charge < -0.3 is 10.4 Å². The fraction of sp³-hybridized carbons (Fsp3) is 0.0500. The van der Waals surface area contributed by atoms with Gasteiger partial charge in [0.05, 0.1) is 26.7 Å². The molecule has 0 saturated carbocycles. The predicted octanol–water partition coefficient (Wildman–Crippen LogP) is 4.61. The Labute approximate surface area is 193 Å². The summed E-state index contributed by atoms with van der Waals surface area (Å²) in [5, 5.41) is 37.4. The Bertz CT molecular complexity index is 1410. The van der Waals surface area contributed by atoms with Gasteiger partial charge in [0.2, 0.25) is 5.91 Å². The van der Waals surface area contributed by atoms with Gasteiger partial charge in [-0.25, -0.2) is 9.97 Å². The van der Waals surface area contributed by atoms with Crippen LogP contribution < -0.4 is 5.32 Å². The molecule has 0 unspecified atom stereocenters. The number of carbonyl (C=O) groups excluding carboxylic acids is 1. The highest BCUT2D eigenvalue weighted by Gasteiger charge is 2.18. The number of benzene rings is 2. The Morgan fingerprint density at radius 1 is 1.09 bits per heavy atom. The van der Waals surface area contributed by atoms with Crippen LogP contribution in [0.3, 0.4) is 0 Å². The van der Waals surface area contributed by atoms with Crippen LogP contribution in [0.15, 0.2) is 59.2 Å². The molecule has 4 rings (SSSR count). The zero-order valence-electron chi connectivity index (χ0n) is 16.5. The van der Waals surface area contributed by atoms with Crippen LogP contribution in [-0.2, 0) is 4.79 Å². The SMILES string of the molecule is O=C(CSc1ncnc2scc(-c3cccc([N+](=O)[O-])c3)c12)Nc1cc([N+](=O)[O-])ccc1O. The molecular formula is C20H13N5O6S2. The number of nitrogens with one attached hydrogen (secondary N) is 1. The van der Waals surface area contributed by atoms with E-state index in [1.165, 1.54) is 29.8 Å². The summed E-state index contributed by atoms with van der Waals surface area (Å²) in [6.07, 6.45) is 1.36. The van der Waals surface area contributed by atoms with Gasteiger partial charge in [-0.05, 0) is 11.6 Å². The monoisotopic (exact) mass is 483 g/mol. The Balaban J connectivity index is 1.58. The highest BCUT2D eigenvalue weighted by atomic mass is 32.2. The fourth-order valence-corrected chi connectivity index (χ4v) is 4.81. The third kappa shape index (κ3) is 4.73. The van der Waals surface area contributed by atoms with E-state index in [1.807, 2.05) is 5.38 Å². The number of rotatable bonds is 7.